The summed E-state index contributed by atoms with van der Waals surface area (Å²) in [5.74, 6) is -18.2. The number of nitrogens with two attached hydrogens (primary N) is 4. The third-order valence-corrected chi connectivity index (χ3v) is 25.8. The molecule has 15 atom stereocenters. The van der Waals surface area contributed by atoms with E-state index in [0.29, 0.717) is 75.6 Å². The van der Waals surface area contributed by atoms with Crippen molar-refractivity contribution in [2.75, 3.05) is 72.5 Å². The molecule has 6 aromatic rings. The number of ether oxygens (including phenoxy) is 1. The number of carboxylic acid groups (broad SMARTS) is 1. The molecule has 45 heteroatoms. The van der Waals surface area contributed by atoms with Crippen LogP contribution in [0.2, 0.25) is 0 Å². The van der Waals surface area contributed by atoms with Crippen molar-refractivity contribution in [3.05, 3.63) is 120 Å². The van der Waals surface area contributed by atoms with Gasteiger partial charge in [0.15, 0.2) is 0 Å². The summed E-state index contributed by atoms with van der Waals surface area (Å²) in [6, 6.07) is -1.31. The summed E-state index contributed by atoms with van der Waals surface area (Å²) in [5, 5.41) is 49.4. The average molecular weight is 1930 g/mol. The van der Waals surface area contributed by atoms with Gasteiger partial charge in [0.2, 0.25) is 100 Å². The van der Waals surface area contributed by atoms with Crippen LogP contribution in [0.5, 0.6) is 5.75 Å². The van der Waals surface area contributed by atoms with Gasteiger partial charge in [0.1, 0.15) is 90.3 Å². The molecular formula is C92H129N23O21S. The summed E-state index contributed by atoms with van der Waals surface area (Å²) in [5.41, 5.74) is 26.5. The van der Waals surface area contributed by atoms with Gasteiger partial charge in [0, 0.05) is 125 Å². The minimum absolute atomic E-state index is 0.0204. The molecule has 0 unspecified atom stereocenters. The first-order valence-corrected chi connectivity index (χ1v) is 47.2. The van der Waals surface area contributed by atoms with Gasteiger partial charge in [0.05, 0.1) is 38.3 Å². The minimum atomic E-state index is -1.78. The number of carbonyl (C=O) groups is 18. The number of methoxy groups -OCH3 is 1. The monoisotopic (exact) mass is 1920 g/mol. The quantitative estimate of drug-likeness (QED) is 0.0214. The van der Waals surface area contributed by atoms with Crippen LogP contribution >= 0.6 is 11.8 Å². The number of nitrogens with one attached hydrogen (secondary N) is 13. The number of carboxylic acids is 1. The first kappa shape index (κ1) is 107. The lowest BCUT2D eigenvalue weighted by Crippen LogP contribution is -2.61. The van der Waals surface area contributed by atoms with Crippen LogP contribution < -0.4 is 80.8 Å². The van der Waals surface area contributed by atoms with Crippen LogP contribution in [0.3, 0.4) is 0 Å². The minimum Gasteiger partial charge on any atom is -0.497 e. The maximum Gasteiger partial charge on any atom is 0.303 e. The molecule has 3 aromatic carbocycles. The lowest BCUT2D eigenvalue weighted by Gasteiger charge is -2.36. The summed E-state index contributed by atoms with van der Waals surface area (Å²) in [4.78, 5) is 282. The Morgan fingerprint density at radius 2 is 1.07 bits per heavy atom. The van der Waals surface area contributed by atoms with E-state index in [2.05, 4.69) is 73.1 Å². The number of aliphatic carboxylic acids is 1. The number of fused-ring (bicyclic) bond motifs is 4. The number of benzene rings is 3. The normalized spacial score (nSPS) is 24.5. The van der Waals surface area contributed by atoms with Crippen molar-refractivity contribution < 1.29 is 101 Å². The molecule has 0 bridgehead atoms. The van der Waals surface area contributed by atoms with E-state index in [4.69, 9.17) is 27.7 Å². The highest BCUT2D eigenvalue weighted by Gasteiger charge is 2.47. The topological polar surface area (TPSA) is 658 Å². The number of hydrogen-bond acceptors (Lipinski definition) is 24. The van der Waals surface area contributed by atoms with E-state index in [1.807, 2.05) is 6.92 Å². The summed E-state index contributed by atoms with van der Waals surface area (Å²) in [6.07, 6.45) is 2.74. The molecular weight excluding hydrogens is 1800 g/mol. The van der Waals surface area contributed by atoms with Gasteiger partial charge in [0.25, 0.3) is 0 Å². The first-order chi connectivity index (χ1) is 65.5. The molecule has 0 spiro atoms. The summed E-state index contributed by atoms with van der Waals surface area (Å²) >= 11 is 0.731. The molecule has 17 amide bonds. The van der Waals surface area contributed by atoms with Gasteiger partial charge < -0.3 is 131 Å². The maximum absolute atomic E-state index is 15.8. The zero-order valence-corrected chi connectivity index (χ0v) is 78.9. The Labute approximate surface area is 796 Å². The fourth-order valence-corrected chi connectivity index (χ4v) is 17.8. The third kappa shape index (κ3) is 30.0. The fourth-order valence-electron chi connectivity index (χ4n) is 17.0. The number of primary amides is 2. The largest absolute Gasteiger partial charge is 0.497 e. The van der Waals surface area contributed by atoms with Gasteiger partial charge in [-0.15, -0.1) is 11.8 Å². The Kier molecular flexibility index (Phi) is 40.6. The number of thioether (sulfide) groups is 1. The van der Waals surface area contributed by atoms with Crippen molar-refractivity contribution in [3.63, 3.8) is 0 Å². The number of rotatable bonds is 29. The molecule has 3 aromatic heterocycles. The van der Waals surface area contributed by atoms with E-state index >= 15 is 38.4 Å². The zero-order chi connectivity index (χ0) is 99.9. The zero-order valence-electron chi connectivity index (χ0n) is 78.0. The third-order valence-electron chi connectivity index (χ3n) is 24.7. The number of aliphatic hydroxyl groups is 1. The van der Waals surface area contributed by atoms with E-state index in [1.165, 1.54) is 47.7 Å². The van der Waals surface area contributed by atoms with Crippen molar-refractivity contribution in [3.8, 4) is 5.75 Å². The van der Waals surface area contributed by atoms with Crippen LogP contribution in [0.15, 0.2) is 97.7 Å². The van der Waals surface area contributed by atoms with Gasteiger partial charge in [-0.05, 0) is 119 Å². The standard InChI is InChI=1S/C92H129N23O21S/c1-8-10-24-71-85(128)104-62(31-32-78(120)121)81(124)110-70(80(123)100-46-76(96)118)48-137-49-77(119)102-67(37-52-27-29-57(136-7)30-28-52)88(131)111(4)51(3)79(122)108-69(42-75(95)117)91(134)114-36-18-26-72(114)86(129)107-66(40-55-45-97-50-101-55)84(127)105-64(23-16-17-34-93)90(133)115-47-56(116)41-74(115)87(130)106-65(38-53-43-98-60-21-14-12-19-58(53)60)83(126)103-63(33-35-94)82(125)109-68(39-54-44-99-61-22-15-13-20-59(54)61)89(132)113(6)73(25-11-9-2)92(135)112(71)5/h12-15,19-22,27-30,43-45,50-51,56,62-74,98-99,116H,8-11,16-18,23-26,31-42,46-49,93-94H2,1-7H3,(H2,95,117)(H2,96,118)(H,97,101)(H,100,123)(H,102,119)(H,103,126)(H,104,128)(H,105,127)(H,106,130)(H,107,129)(H,108,122)(H,109,125)(H,110,124)(H,120,121)/t51-,56+,62-,63-,64-,65-,66-,67-,68-,69+,70-,71-,72-,73-,74-/m0/s1. The Balaban J connectivity index is 1.11. The van der Waals surface area contributed by atoms with Crippen molar-refractivity contribution >= 4 is 140 Å². The molecule has 0 aliphatic carbocycles. The second kappa shape index (κ2) is 51.9. The maximum atomic E-state index is 15.8. The highest BCUT2D eigenvalue weighted by atomic mass is 32.2. The molecule has 9 rings (SSSR count). The molecule has 23 N–H and O–H groups in total. The fraction of sp³-hybridized carbons (Fsp3) is 0.533. The molecule has 0 radical (unpaired) electrons. The number of hydrogen-bond donors (Lipinski definition) is 19. The number of amides is 17. The molecule has 3 saturated heterocycles. The van der Waals surface area contributed by atoms with Crippen LogP contribution in [0.25, 0.3) is 21.8 Å². The second-order valence-electron chi connectivity index (χ2n) is 34.7. The number of H-pyrrole nitrogens is 3. The number of aliphatic hydroxyl groups excluding tert-OH is 1. The Morgan fingerprint density at radius 3 is 1.66 bits per heavy atom. The average Bonchev–Trinajstić information content (AvgIpc) is 1.71. The number of imidazole rings is 1. The predicted molar refractivity (Wildman–Crippen MR) is 502 cm³/mol. The van der Waals surface area contributed by atoms with Crippen molar-refractivity contribution in [1.29, 1.82) is 0 Å². The van der Waals surface area contributed by atoms with Crippen LogP contribution in [-0.4, -0.2) is 324 Å². The Bertz CT molecular complexity index is 5250. The van der Waals surface area contributed by atoms with Crippen LogP contribution in [0.1, 0.15) is 146 Å². The number of aromatic amines is 3. The SMILES string of the molecule is CCCC[C@H]1C(=O)N(C)[C@@H](CCCC)C(=O)N[C@@H](CCC(=O)O)C(=O)N[C@H](C(=O)NCC(N)=O)CSCC(=O)N[C@@H](Cc2ccc(OC)cc2)C(=O)N(C)[C@@H](C)C(=O)N[C@H](CC(N)=O)C(=O)N2CCC[C@H]2C(=O)N[C@@H](Cc2cnc[nH]2)C(=O)N[C@@H](CCCCN)C(=O)N2C[C@H](O)C[C@H]2C(=O)N[C@@H](Cc2c[nH]c3ccccc23)C(=O)N[C@@H](CCN)C(=O)N[C@@H](Cc2c[nH]c3ccccc23)C(=O)N1C. The lowest BCUT2D eigenvalue weighted by molar-refractivity contribution is -0.149. The number of nitrogens with zero attached hydrogens (tertiary/aromatic N) is 6. The van der Waals surface area contributed by atoms with E-state index in [9.17, 15) is 58.2 Å². The predicted octanol–water partition coefficient (Wildman–Crippen LogP) is -2.58. The Morgan fingerprint density at radius 1 is 0.526 bits per heavy atom. The van der Waals surface area contributed by atoms with Crippen LogP contribution in [0, 0.1) is 0 Å². The second-order valence-corrected chi connectivity index (χ2v) is 35.7. The van der Waals surface area contributed by atoms with Gasteiger partial charge in [-0.3, -0.25) is 86.3 Å². The van der Waals surface area contributed by atoms with Gasteiger partial charge in [-0.2, -0.15) is 0 Å². The number of para-hydroxylation sites is 2. The number of carbonyl (C=O) groups excluding carboxylic acids is 17. The Hall–Kier alpha value is -13.6. The van der Waals surface area contributed by atoms with E-state index in [0.717, 1.165) is 36.3 Å². The van der Waals surface area contributed by atoms with Crippen LogP contribution in [0.4, 0.5) is 0 Å². The van der Waals surface area contributed by atoms with Gasteiger partial charge in [-0.25, -0.2) is 4.98 Å². The van der Waals surface area contributed by atoms with Gasteiger partial charge >= 0.3 is 5.97 Å². The molecule has 137 heavy (non-hydrogen) atoms. The number of likely N-dealkylation sites (N-methyl/N-ethyl adjacent to an activating group) is 3. The first-order valence-electron chi connectivity index (χ1n) is 46.0. The molecule has 3 aliphatic heterocycles. The molecule has 3 aliphatic rings. The summed E-state index contributed by atoms with van der Waals surface area (Å²) in [6.45, 7) is 3.48. The van der Waals surface area contributed by atoms with E-state index in [-0.39, 0.29) is 103 Å². The van der Waals surface area contributed by atoms with E-state index in [1.54, 1.807) is 92.1 Å². The van der Waals surface area contributed by atoms with Crippen LogP contribution in [-0.2, 0) is 112 Å². The summed E-state index contributed by atoms with van der Waals surface area (Å²) < 4.78 is 5.34. The number of aromatic nitrogens is 4. The van der Waals surface area contributed by atoms with E-state index < -0.39 is 241 Å². The molecule has 6 heterocycles. The smallest absolute Gasteiger partial charge is 0.303 e. The summed E-state index contributed by atoms with van der Waals surface area (Å²) in [7, 11) is 5.31. The lowest BCUT2D eigenvalue weighted by atomic mass is 9.99. The van der Waals surface area contributed by atoms with Crippen molar-refractivity contribution in [2.45, 2.75) is 240 Å². The van der Waals surface area contributed by atoms with Gasteiger partial charge in [-0.1, -0.05) is 88.1 Å². The number of unbranched alkanes of at least 4 members (excludes halogenated alkanes) is 3. The van der Waals surface area contributed by atoms with Crippen molar-refractivity contribution in [2.24, 2.45) is 22.9 Å². The highest BCUT2D eigenvalue weighted by molar-refractivity contribution is 8.00. The highest BCUT2D eigenvalue weighted by Crippen LogP contribution is 2.28. The molecule has 3 fully saturated rings. The molecule has 0 saturated carbocycles. The van der Waals surface area contributed by atoms with Crippen molar-refractivity contribution in [1.82, 2.24) is 97.6 Å². The molecule has 44 nitrogen and oxygen atoms in total. The molecule has 744 valence electrons.